The zero-order chi connectivity index (χ0) is 15.1. The van der Waals surface area contributed by atoms with E-state index in [9.17, 15) is 0 Å². The fourth-order valence-electron chi connectivity index (χ4n) is 2.79. The van der Waals surface area contributed by atoms with Gasteiger partial charge in [-0.05, 0) is 45.6 Å². The average Bonchev–Trinajstić information content (AvgIpc) is 2.78. The number of nitrogens with one attached hydrogen (secondary N) is 1. The van der Waals surface area contributed by atoms with Gasteiger partial charge in [0.25, 0.3) is 0 Å². The van der Waals surface area contributed by atoms with Gasteiger partial charge in [0.1, 0.15) is 0 Å². The summed E-state index contributed by atoms with van der Waals surface area (Å²) in [6, 6.07) is 0.457. The van der Waals surface area contributed by atoms with Gasteiger partial charge < -0.3 is 10.2 Å². The summed E-state index contributed by atoms with van der Waals surface area (Å²) in [4.78, 5) is 8.75. The molecule has 1 unspecified atom stereocenters. The summed E-state index contributed by atoms with van der Waals surface area (Å²) >= 11 is 1.87. The van der Waals surface area contributed by atoms with Gasteiger partial charge in [0, 0.05) is 23.5 Å². The molecule has 1 N–H and O–H groups in total. The Labute approximate surface area is 127 Å². The first kappa shape index (κ1) is 15.8. The Bertz CT molecular complexity index is 476. The van der Waals surface area contributed by atoms with Gasteiger partial charge in [0.2, 0.25) is 0 Å². The number of thiazole rings is 1. The molecule has 114 valence electrons. The maximum Gasteiger partial charge on any atom is 0.186 e. The summed E-state index contributed by atoms with van der Waals surface area (Å²) in [6.45, 7) is 11.5. The Balaban J connectivity index is 2.36. The largest absolute Gasteiger partial charge is 0.346 e. The van der Waals surface area contributed by atoms with Crippen LogP contribution in [-0.4, -0.2) is 24.6 Å². The first-order valence-electron chi connectivity index (χ1n) is 7.61. The topological polar surface area (TPSA) is 28.2 Å². The van der Waals surface area contributed by atoms with E-state index in [1.165, 1.54) is 22.1 Å². The first-order chi connectivity index (χ1) is 9.20. The van der Waals surface area contributed by atoms with Crippen LogP contribution in [0.25, 0.3) is 0 Å². The molecular formula is C16H29N3S. The van der Waals surface area contributed by atoms with Crippen LogP contribution in [-0.2, 0) is 6.42 Å². The van der Waals surface area contributed by atoms with Crippen LogP contribution in [0, 0.1) is 5.41 Å². The van der Waals surface area contributed by atoms with E-state index < -0.39 is 0 Å². The van der Waals surface area contributed by atoms with Crippen molar-refractivity contribution in [2.75, 3.05) is 19.0 Å². The number of hydrogen-bond donors (Lipinski definition) is 1. The summed E-state index contributed by atoms with van der Waals surface area (Å²) in [6.07, 6.45) is 3.41. The highest BCUT2D eigenvalue weighted by Gasteiger charge is 2.35. The number of nitrogens with zero attached hydrogens (tertiary/aromatic N) is 2. The van der Waals surface area contributed by atoms with Crippen molar-refractivity contribution in [2.45, 2.75) is 65.5 Å². The molecule has 0 saturated carbocycles. The second-order valence-electron chi connectivity index (χ2n) is 7.42. The van der Waals surface area contributed by atoms with E-state index in [2.05, 4.69) is 58.9 Å². The SMILES string of the molecule is CCC(C)(C)N(C)c1nc2c(s1)C(NC)CC(C)(C)C2. The van der Waals surface area contributed by atoms with Crippen molar-refractivity contribution < 1.29 is 0 Å². The van der Waals surface area contributed by atoms with Crippen molar-refractivity contribution in [1.82, 2.24) is 10.3 Å². The van der Waals surface area contributed by atoms with E-state index in [1.807, 2.05) is 11.3 Å². The molecule has 0 amide bonds. The summed E-state index contributed by atoms with van der Waals surface area (Å²) < 4.78 is 0. The molecule has 0 radical (unpaired) electrons. The van der Waals surface area contributed by atoms with Crippen molar-refractivity contribution in [3.63, 3.8) is 0 Å². The number of rotatable bonds is 4. The van der Waals surface area contributed by atoms with Gasteiger partial charge in [-0.25, -0.2) is 4.98 Å². The van der Waals surface area contributed by atoms with E-state index in [-0.39, 0.29) is 5.54 Å². The molecule has 0 spiro atoms. The lowest BCUT2D eigenvalue weighted by Gasteiger charge is -2.34. The molecule has 1 aromatic rings. The molecule has 0 saturated heterocycles. The van der Waals surface area contributed by atoms with Gasteiger partial charge >= 0.3 is 0 Å². The van der Waals surface area contributed by atoms with E-state index >= 15 is 0 Å². The highest BCUT2D eigenvalue weighted by atomic mass is 32.1. The van der Waals surface area contributed by atoms with E-state index in [0.717, 1.165) is 12.8 Å². The normalized spacial score (nSPS) is 21.6. The van der Waals surface area contributed by atoms with Crippen LogP contribution < -0.4 is 10.2 Å². The highest BCUT2D eigenvalue weighted by molar-refractivity contribution is 7.15. The van der Waals surface area contributed by atoms with Crippen LogP contribution in [0.3, 0.4) is 0 Å². The first-order valence-corrected chi connectivity index (χ1v) is 8.42. The van der Waals surface area contributed by atoms with Crippen LogP contribution in [0.1, 0.15) is 64.1 Å². The van der Waals surface area contributed by atoms with Gasteiger partial charge in [-0.1, -0.05) is 32.1 Å². The standard InChI is InChI=1S/C16H29N3S/c1-8-16(4,5)19(7)14-18-12-10-15(2,3)9-11(17-6)13(12)20-14/h11,17H,8-10H2,1-7H3. The molecular weight excluding hydrogens is 266 g/mol. The second kappa shape index (κ2) is 5.30. The van der Waals surface area contributed by atoms with Crippen LogP contribution in [0.15, 0.2) is 0 Å². The molecule has 1 atom stereocenters. The predicted octanol–water partition coefficient (Wildman–Crippen LogP) is 4.00. The van der Waals surface area contributed by atoms with Crippen molar-refractivity contribution in [1.29, 1.82) is 0 Å². The van der Waals surface area contributed by atoms with Gasteiger partial charge in [0.05, 0.1) is 5.69 Å². The average molecular weight is 295 g/mol. The zero-order valence-electron chi connectivity index (χ0n) is 14.0. The van der Waals surface area contributed by atoms with Gasteiger partial charge in [-0.3, -0.25) is 0 Å². The third kappa shape index (κ3) is 2.86. The predicted molar refractivity (Wildman–Crippen MR) is 88.8 cm³/mol. The molecule has 0 bridgehead atoms. The number of fused-ring (bicyclic) bond motifs is 1. The number of aromatic nitrogens is 1. The van der Waals surface area contributed by atoms with Gasteiger partial charge in [0.15, 0.2) is 5.13 Å². The fraction of sp³-hybridized carbons (Fsp3) is 0.812. The molecule has 20 heavy (non-hydrogen) atoms. The molecule has 1 aromatic heterocycles. The molecule has 1 aliphatic rings. The van der Waals surface area contributed by atoms with Gasteiger partial charge in [-0.15, -0.1) is 0 Å². The van der Waals surface area contributed by atoms with Crippen LogP contribution in [0.2, 0.25) is 0 Å². The minimum Gasteiger partial charge on any atom is -0.346 e. The van der Waals surface area contributed by atoms with E-state index in [0.29, 0.717) is 11.5 Å². The molecule has 1 aliphatic carbocycles. The maximum atomic E-state index is 4.96. The molecule has 2 rings (SSSR count). The molecule has 0 fully saturated rings. The highest BCUT2D eigenvalue weighted by Crippen LogP contribution is 2.45. The second-order valence-corrected chi connectivity index (χ2v) is 8.43. The molecule has 4 heteroatoms. The summed E-state index contributed by atoms with van der Waals surface area (Å²) in [7, 11) is 4.24. The third-order valence-electron chi connectivity index (χ3n) is 4.84. The molecule has 0 aromatic carbocycles. The van der Waals surface area contributed by atoms with Crippen molar-refractivity contribution >= 4 is 16.5 Å². The van der Waals surface area contributed by atoms with Crippen LogP contribution >= 0.6 is 11.3 Å². The third-order valence-corrected chi connectivity index (χ3v) is 6.13. The lowest BCUT2D eigenvalue weighted by atomic mass is 9.76. The minimum atomic E-state index is 0.158. The van der Waals surface area contributed by atoms with E-state index in [4.69, 9.17) is 4.98 Å². The monoisotopic (exact) mass is 295 g/mol. The molecule has 1 heterocycles. The smallest absolute Gasteiger partial charge is 0.186 e. The Morgan fingerprint density at radius 1 is 1.45 bits per heavy atom. The molecule has 3 nitrogen and oxygen atoms in total. The Morgan fingerprint density at radius 2 is 2.10 bits per heavy atom. The Morgan fingerprint density at radius 3 is 2.65 bits per heavy atom. The summed E-state index contributed by atoms with van der Waals surface area (Å²) in [5.74, 6) is 0. The lowest BCUT2D eigenvalue weighted by molar-refractivity contribution is 0.265. The summed E-state index contributed by atoms with van der Waals surface area (Å²) in [5.41, 5.74) is 1.80. The van der Waals surface area contributed by atoms with Crippen LogP contribution in [0.5, 0.6) is 0 Å². The van der Waals surface area contributed by atoms with Crippen LogP contribution in [0.4, 0.5) is 5.13 Å². The molecule has 0 aliphatic heterocycles. The minimum absolute atomic E-state index is 0.158. The van der Waals surface area contributed by atoms with Crippen molar-refractivity contribution in [2.24, 2.45) is 5.41 Å². The Kier molecular flexibility index (Phi) is 4.18. The summed E-state index contributed by atoms with van der Waals surface area (Å²) in [5, 5.41) is 4.64. The number of anilines is 1. The zero-order valence-corrected chi connectivity index (χ0v) is 14.8. The van der Waals surface area contributed by atoms with E-state index in [1.54, 1.807) is 0 Å². The quantitative estimate of drug-likeness (QED) is 0.910. The Hall–Kier alpha value is -0.610. The fourth-order valence-corrected chi connectivity index (χ4v) is 4.11. The maximum absolute atomic E-state index is 4.96. The van der Waals surface area contributed by atoms with Crippen molar-refractivity contribution in [3.05, 3.63) is 10.6 Å². The lowest BCUT2D eigenvalue weighted by Crippen LogP contribution is -2.40. The number of hydrogen-bond acceptors (Lipinski definition) is 4. The van der Waals surface area contributed by atoms with Crippen molar-refractivity contribution in [3.8, 4) is 0 Å². The van der Waals surface area contributed by atoms with Gasteiger partial charge in [-0.2, -0.15) is 0 Å².